The minimum absolute atomic E-state index is 0.0590. The number of nitro groups is 1. The van der Waals surface area contributed by atoms with E-state index in [0.29, 0.717) is 23.4 Å². The first-order valence-electron chi connectivity index (χ1n) is 8.37. The molecule has 0 bridgehead atoms. The molecule has 0 heterocycles. The Hall–Kier alpha value is -3.22. The molecule has 0 spiro atoms. The van der Waals surface area contributed by atoms with Crippen LogP contribution in [-0.4, -0.2) is 16.7 Å². The van der Waals surface area contributed by atoms with Gasteiger partial charge in [-0.1, -0.05) is 19.4 Å². The quantitative estimate of drug-likeness (QED) is 0.571. The molecule has 0 aliphatic carbocycles. The summed E-state index contributed by atoms with van der Waals surface area (Å²) in [5, 5.41) is 16.3. The van der Waals surface area contributed by atoms with Crippen LogP contribution in [0, 0.1) is 17.0 Å². The molecule has 0 aliphatic rings. The van der Waals surface area contributed by atoms with Gasteiger partial charge in [-0.05, 0) is 43.2 Å². The van der Waals surface area contributed by atoms with Crippen molar-refractivity contribution >= 4 is 28.9 Å². The third kappa shape index (κ3) is 5.14. The third-order valence-electron chi connectivity index (χ3n) is 3.87. The van der Waals surface area contributed by atoms with Gasteiger partial charge in [0.15, 0.2) is 0 Å². The lowest BCUT2D eigenvalue weighted by molar-refractivity contribution is -0.384. The number of carbonyl (C=O) groups is 2. The van der Waals surface area contributed by atoms with E-state index in [4.69, 9.17) is 0 Å². The number of nitro benzene ring substituents is 1. The van der Waals surface area contributed by atoms with Crippen molar-refractivity contribution in [2.24, 2.45) is 0 Å². The minimum Gasteiger partial charge on any atom is -0.326 e. The maximum Gasteiger partial charge on any atom is 0.271 e. The van der Waals surface area contributed by atoms with E-state index in [1.807, 2.05) is 6.92 Å². The number of carbonyl (C=O) groups excluding carboxylic acids is 2. The number of non-ortho nitro benzene ring substituents is 1. The van der Waals surface area contributed by atoms with Crippen molar-refractivity contribution in [2.75, 3.05) is 10.6 Å². The van der Waals surface area contributed by atoms with E-state index in [9.17, 15) is 19.7 Å². The molecule has 26 heavy (non-hydrogen) atoms. The molecule has 0 saturated heterocycles. The average Bonchev–Trinajstić information content (AvgIpc) is 2.62. The summed E-state index contributed by atoms with van der Waals surface area (Å²) in [4.78, 5) is 34.4. The zero-order valence-corrected chi connectivity index (χ0v) is 14.7. The van der Waals surface area contributed by atoms with Gasteiger partial charge in [0, 0.05) is 29.8 Å². The summed E-state index contributed by atoms with van der Waals surface area (Å²) in [6.07, 6.45) is 2.24. The van der Waals surface area contributed by atoms with Crippen LogP contribution in [0.3, 0.4) is 0 Å². The number of aryl methyl sites for hydroxylation is 1. The maximum atomic E-state index is 12.4. The van der Waals surface area contributed by atoms with E-state index in [1.54, 1.807) is 37.3 Å². The van der Waals surface area contributed by atoms with Crippen molar-refractivity contribution in [2.45, 2.75) is 33.1 Å². The highest BCUT2D eigenvalue weighted by Crippen LogP contribution is 2.22. The molecule has 0 aromatic heterocycles. The number of unbranched alkanes of at least 4 members (excludes halogenated alkanes) is 1. The van der Waals surface area contributed by atoms with Crippen LogP contribution in [0.1, 0.15) is 42.1 Å². The fraction of sp³-hybridized carbons (Fsp3) is 0.263. The van der Waals surface area contributed by atoms with Gasteiger partial charge in [-0.3, -0.25) is 19.7 Å². The molecule has 2 amide bonds. The first-order chi connectivity index (χ1) is 12.4. The summed E-state index contributed by atoms with van der Waals surface area (Å²) >= 11 is 0. The highest BCUT2D eigenvalue weighted by molar-refractivity contribution is 6.05. The van der Waals surface area contributed by atoms with E-state index in [-0.39, 0.29) is 17.5 Å². The molecule has 2 aromatic rings. The predicted molar refractivity (Wildman–Crippen MR) is 100 cm³/mol. The van der Waals surface area contributed by atoms with E-state index >= 15 is 0 Å². The topological polar surface area (TPSA) is 101 Å². The smallest absolute Gasteiger partial charge is 0.271 e. The zero-order valence-electron chi connectivity index (χ0n) is 14.7. The summed E-state index contributed by atoms with van der Waals surface area (Å²) in [7, 11) is 0. The Labute approximate surface area is 151 Å². The number of anilines is 2. The van der Waals surface area contributed by atoms with E-state index in [2.05, 4.69) is 10.6 Å². The molecule has 7 heteroatoms. The summed E-state index contributed by atoms with van der Waals surface area (Å²) < 4.78 is 0. The Morgan fingerprint density at radius 3 is 2.38 bits per heavy atom. The molecule has 136 valence electrons. The average molecular weight is 355 g/mol. The van der Waals surface area contributed by atoms with Gasteiger partial charge in [0.1, 0.15) is 0 Å². The lowest BCUT2D eigenvalue weighted by Gasteiger charge is -2.09. The van der Waals surface area contributed by atoms with Crippen LogP contribution in [0.5, 0.6) is 0 Å². The van der Waals surface area contributed by atoms with Crippen molar-refractivity contribution in [3.05, 3.63) is 63.7 Å². The molecular weight excluding hydrogens is 334 g/mol. The second-order valence-electron chi connectivity index (χ2n) is 5.94. The van der Waals surface area contributed by atoms with Crippen molar-refractivity contribution in [1.29, 1.82) is 0 Å². The molecule has 2 rings (SSSR count). The molecule has 0 atom stereocenters. The van der Waals surface area contributed by atoms with Crippen LogP contribution >= 0.6 is 0 Å². The number of amides is 2. The minimum atomic E-state index is -0.509. The van der Waals surface area contributed by atoms with Crippen LogP contribution in [0.25, 0.3) is 0 Å². The van der Waals surface area contributed by atoms with Crippen LogP contribution in [-0.2, 0) is 4.79 Å². The highest BCUT2D eigenvalue weighted by Gasteiger charge is 2.12. The SMILES string of the molecule is CCCCC(=O)Nc1ccc(C(=O)Nc2cc([N+](=O)[O-])ccc2C)cc1. The van der Waals surface area contributed by atoms with E-state index < -0.39 is 4.92 Å². The largest absolute Gasteiger partial charge is 0.326 e. The number of hydrogen-bond donors (Lipinski definition) is 2. The van der Waals surface area contributed by atoms with Crippen LogP contribution < -0.4 is 10.6 Å². The molecule has 7 nitrogen and oxygen atoms in total. The Bertz CT molecular complexity index is 816. The lowest BCUT2D eigenvalue weighted by atomic mass is 10.1. The van der Waals surface area contributed by atoms with Gasteiger partial charge < -0.3 is 10.6 Å². The second kappa shape index (κ2) is 8.75. The highest BCUT2D eigenvalue weighted by atomic mass is 16.6. The number of nitrogens with zero attached hydrogens (tertiary/aromatic N) is 1. The van der Waals surface area contributed by atoms with Gasteiger partial charge >= 0.3 is 0 Å². The molecule has 0 radical (unpaired) electrons. The molecule has 2 N–H and O–H groups in total. The standard InChI is InChI=1S/C19H21N3O4/c1-3-4-5-18(23)20-15-9-7-14(8-10-15)19(24)21-17-12-16(22(25)26)11-6-13(17)2/h6-12H,3-5H2,1-2H3,(H,20,23)(H,21,24). The zero-order chi connectivity index (χ0) is 19.1. The third-order valence-corrected chi connectivity index (χ3v) is 3.87. The fourth-order valence-corrected chi connectivity index (χ4v) is 2.32. The Balaban J connectivity index is 2.05. The van der Waals surface area contributed by atoms with Gasteiger partial charge in [-0.2, -0.15) is 0 Å². The molecule has 0 saturated carbocycles. The molecule has 0 unspecified atom stereocenters. The number of rotatable bonds is 7. The van der Waals surface area contributed by atoms with Crippen molar-refractivity contribution in [3.8, 4) is 0 Å². The summed E-state index contributed by atoms with van der Waals surface area (Å²) in [5.74, 6) is -0.436. The maximum absolute atomic E-state index is 12.4. The second-order valence-corrected chi connectivity index (χ2v) is 5.94. The Morgan fingerprint density at radius 1 is 1.08 bits per heavy atom. The van der Waals surface area contributed by atoms with E-state index in [0.717, 1.165) is 18.4 Å². The summed E-state index contributed by atoms with van der Waals surface area (Å²) in [5.41, 5.74) is 2.04. The van der Waals surface area contributed by atoms with Gasteiger partial charge in [-0.15, -0.1) is 0 Å². The van der Waals surface area contributed by atoms with Crippen LogP contribution in [0.4, 0.5) is 17.1 Å². The first-order valence-corrected chi connectivity index (χ1v) is 8.37. The van der Waals surface area contributed by atoms with Crippen molar-refractivity contribution in [3.63, 3.8) is 0 Å². The summed E-state index contributed by atoms with van der Waals surface area (Å²) in [6, 6.07) is 10.8. The Morgan fingerprint density at radius 2 is 1.77 bits per heavy atom. The number of nitrogens with one attached hydrogen (secondary N) is 2. The number of benzene rings is 2. The van der Waals surface area contributed by atoms with Gasteiger partial charge in [-0.25, -0.2) is 0 Å². The van der Waals surface area contributed by atoms with Crippen LogP contribution in [0.2, 0.25) is 0 Å². The Kier molecular flexibility index (Phi) is 6.43. The molecule has 0 aliphatic heterocycles. The summed E-state index contributed by atoms with van der Waals surface area (Å²) in [6.45, 7) is 3.78. The number of hydrogen-bond acceptors (Lipinski definition) is 4. The first kappa shape index (κ1) is 19.1. The van der Waals surface area contributed by atoms with Crippen LogP contribution in [0.15, 0.2) is 42.5 Å². The van der Waals surface area contributed by atoms with Crippen molar-refractivity contribution in [1.82, 2.24) is 0 Å². The fourth-order valence-electron chi connectivity index (χ4n) is 2.32. The molecule has 2 aromatic carbocycles. The molecular formula is C19H21N3O4. The van der Waals surface area contributed by atoms with Gasteiger partial charge in [0.05, 0.1) is 10.6 Å². The predicted octanol–water partition coefficient (Wildman–Crippen LogP) is 4.28. The molecule has 0 fully saturated rings. The normalized spacial score (nSPS) is 10.2. The van der Waals surface area contributed by atoms with Gasteiger partial charge in [0.2, 0.25) is 5.91 Å². The monoisotopic (exact) mass is 355 g/mol. The van der Waals surface area contributed by atoms with Gasteiger partial charge in [0.25, 0.3) is 11.6 Å². The van der Waals surface area contributed by atoms with E-state index in [1.165, 1.54) is 12.1 Å². The van der Waals surface area contributed by atoms with Crippen molar-refractivity contribution < 1.29 is 14.5 Å². The lowest BCUT2D eigenvalue weighted by Crippen LogP contribution is -2.14.